The molecule has 7 nitrogen and oxygen atoms in total. The summed E-state index contributed by atoms with van der Waals surface area (Å²) < 4.78 is 13.8. The summed E-state index contributed by atoms with van der Waals surface area (Å²) in [5.74, 6) is -0.331. The highest BCUT2D eigenvalue weighted by Crippen LogP contribution is 2.44. The second kappa shape index (κ2) is 12.4. The molecule has 206 valence electrons. The zero-order valence-electron chi connectivity index (χ0n) is 21.6. The first-order chi connectivity index (χ1) is 17.7. The summed E-state index contributed by atoms with van der Waals surface area (Å²) in [6.45, 7) is 6.02. The van der Waals surface area contributed by atoms with E-state index in [1.165, 1.54) is 12.1 Å². The molecule has 0 atom stereocenters. The number of carbonyl (C=O) groups is 3. The number of nitrogens with one attached hydrogen (secondary N) is 1. The summed E-state index contributed by atoms with van der Waals surface area (Å²) in [6.07, 6.45) is 3.89. The first-order valence-electron chi connectivity index (χ1n) is 13.1. The summed E-state index contributed by atoms with van der Waals surface area (Å²) in [5, 5.41) is 11.4. The highest BCUT2D eigenvalue weighted by atomic mass is 19.1. The number of carboxylic acids is 1. The van der Waals surface area contributed by atoms with Crippen LogP contribution in [0, 0.1) is 17.7 Å². The van der Waals surface area contributed by atoms with Crippen LogP contribution in [0.5, 0.6) is 0 Å². The van der Waals surface area contributed by atoms with Crippen LogP contribution in [0.25, 0.3) is 0 Å². The minimum absolute atomic E-state index is 0. The largest absolute Gasteiger partial charge is 0.481 e. The van der Waals surface area contributed by atoms with Crippen LogP contribution in [0.2, 0.25) is 0 Å². The van der Waals surface area contributed by atoms with Gasteiger partial charge in [0.15, 0.2) is 0 Å². The smallest absolute Gasteiger partial charge is 0.321 e. The average Bonchev–Trinajstić information content (AvgIpc) is 3.09. The molecular formula is C30H40FN3O4. The van der Waals surface area contributed by atoms with Gasteiger partial charge in [0.05, 0.1) is 12.0 Å². The standard InChI is InChI=1S/C29H36FN3O4.CH4/c1-20(2)23-10-13-29(14-11-23)19-32(17-22-4-3-5-25(30)16-22)28(37)33(29)18-21-6-8-24(9-7-21)27(36)31-15-12-26(34)35;/h3-9,16,20,23H,10-15,17-19H2,1-2H3,(H,31,36)(H,34,35);1H4. The average molecular weight is 526 g/mol. The number of urea groups is 1. The van der Waals surface area contributed by atoms with Crippen LogP contribution < -0.4 is 5.32 Å². The predicted molar refractivity (Wildman–Crippen MR) is 145 cm³/mol. The van der Waals surface area contributed by atoms with Crippen molar-refractivity contribution in [1.29, 1.82) is 0 Å². The molecule has 1 saturated carbocycles. The molecule has 0 unspecified atom stereocenters. The Morgan fingerprint density at radius 3 is 2.37 bits per heavy atom. The van der Waals surface area contributed by atoms with Crippen molar-refractivity contribution >= 4 is 17.9 Å². The maximum atomic E-state index is 13.8. The number of halogens is 1. The molecule has 2 aliphatic rings. The molecule has 3 amide bonds. The van der Waals surface area contributed by atoms with Crippen molar-refractivity contribution in [3.05, 3.63) is 71.0 Å². The lowest BCUT2D eigenvalue weighted by Gasteiger charge is -2.43. The number of carboxylic acid groups (broad SMARTS) is 1. The fourth-order valence-corrected chi connectivity index (χ4v) is 5.70. The van der Waals surface area contributed by atoms with Crippen molar-refractivity contribution < 1.29 is 23.9 Å². The molecule has 0 aromatic heterocycles. The number of benzene rings is 2. The van der Waals surface area contributed by atoms with E-state index in [4.69, 9.17) is 5.11 Å². The molecule has 2 N–H and O–H groups in total. The van der Waals surface area contributed by atoms with Gasteiger partial charge in [-0.1, -0.05) is 45.5 Å². The second-order valence-electron chi connectivity index (χ2n) is 10.8. The third-order valence-corrected chi connectivity index (χ3v) is 7.91. The number of hydrogen-bond acceptors (Lipinski definition) is 3. The van der Waals surface area contributed by atoms with E-state index in [9.17, 15) is 18.8 Å². The van der Waals surface area contributed by atoms with Gasteiger partial charge in [0.25, 0.3) is 5.91 Å². The zero-order valence-corrected chi connectivity index (χ0v) is 21.6. The number of hydrogen-bond donors (Lipinski definition) is 2. The minimum Gasteiger partial charge on any atom is -0.481 e. The molecule has 1 heterocycles. The summed E-state index contributed by atoms with van der Waals surface area (Å²) in [5.41, 5.74) is 1.89. The fraction of sp³-hybridized carbons (Fsp3) is 0.500. The van der Waals surface area contributed by atoms with Crippen LogP contribution in [-0.4, -0.2) is 51.4 Å². The van der Waals surface area contributed by atoms with Gasteiger partial charge in [0.1, 0.15) is 5.82 Å². The molecule has 1 aliphatic carbocycles. The van der Waals surface area contributed by atoms with Gasteiger partial charge in [0, 0.05) is 31.7 Å². The monoisotopic (exact) mass is 525 g/mol. The van der Waals surface area contributed by atoms with Crippen molar-refractivity contribution in [2.75, 3.05) is 13.1 Å². The summed E-state index contributed by atoms with van der Waals surface area (Å²) >= 11 is 0. The van der Waals surface area contributed by atoms with E-state index in [1.807, 2.05) is 28.0 Å². The maximum Gasteiger partial charge on any atom is 0.321 e. The van der Waals surface area contributed by atoms with Crippen LogP contribution in [0.4, 0.5) is 9.18 Å². The summed E-state index contributed by atoms with van der Waals surface area (Å²) in [4.78, 5) is 40.5. The van der Waals surface area contributed by atoms with Crippen LogP contribution in [0.3, 0.4) is 0 Å². The van der Waals surface area contributed by atoms with Gasteiger partial charge in [-0.2, -0.15) is 0 Å². The van der Waals surface area contributed by atoms with E-state index in [0.29, 0.717) is 37.0 Å². The predicted octanol–water partition coefficient (Wildman–Crippen LogP) is 5.69. The molecule has 2 fully saturated rings. The molecule has 2 aromatic carbocycles. The van der Waals surface area contributed by atoms with E-state index < -0.39 is 5.97 Å². The topological polar surface area (TPSA) is 90.0 Å². The first-order valence-corrected chi connectivity index (χ1v) is 13.1. The van der Waals surface area contributed by atoms with Crippen LogP contribution >= 0.6 is 0 Å². The van der Waals surface area contributed by atoms with Crippen LogP contribution in [0.15, 0.2) is 48.5 Å². The Kier molecular flexibility index (Phi) is 9.52. The molecule has 2 aromatic rings. The molecule has 1 saturated heterocycles. The number of carbonyl (C=O) groups excluding carboxylic acids is 2. The first kappa shape index (κ1) is 29.1. The Balaban J connectivity index is 0.00000400. The molecule has 8 heteroatoms. The molecule has 0 radical (unpaired) electrons. The summed E-state index contributed by atoms with van der Waals surface area (Å²) in [7, 11) is 0. The number of aliphatic carboxylic acids is 1. The van der Waals surface area contributed by atoms with E-state index in [0.717, 1.165) is 36.8 Å². The second-order valence-corrected chi connectivity index (χ2v) is 10.8. The highest BCUT2D eigenvalue weighted by molar-refractivity contribution is 5.94. The van der Waals surface area contributed by atoms with Gasteiger partial charge in [-0.25, -0.2) is 9.18 Å². The molecule has 1 aliphatic heterocycles. The maximum absolute atomic E-state index is 13.8. The van der Waals surface area contributed by atoms with E-state index in [-0.39, 0.29) is 43.7 Å². The minimum atomic E-state index is -0.964. The van der Waals surface area contributed by atoms with Gasteiger partial charge >= 0.3 is 12.0 Å². The Morgan fingerprint density at radius 1 is 1.08 bits per heavy atom. The van der Waals surface area contributed by atoms with Crippen molar-refractivity contribution in [1.82, 2.24) is 15.1 Å². The van der Waals surface area contributed by atoms with E-state index >= 15 is 0 Å². The SMILES string of the molecule is C.CC(C)C1CCC2(CC1)CN(Cc1cccc(F)c1)C(=O)N2Cc1ccc(C(=O)NCCC(=O)O)cc1. The molecule has 1 spiro atoms. The van der Waals surface area contributed by atoms with Gasteiger partial charge in [-0.05, 0) is 72.9 Å². The number of rotatable bonds is 9. The molecule has 0 bridgehead atoms. The molecule has 4 rings (SSSR count). The Bertz CT molecular complexity index is 1130. The fourth-order valence-electron chi connectivity index (χ4n) is 5.70. The Labute approximate surface area is 225 Å². The third kappa shape index (κ3) is 6.71. The van der Waals surface area contributed by atoms with Gasteiger partial charge in [-0.15, -0.1) is 0 Å². The third-order valence-electron chi connectivity index (χ3n) is 7.91. The Hall–Kier alpha value is -3.42. The van der Waals surface area contributed by atoms with Crippen LogP contribution in [-0.2, 0) is 17.9 Å². The lowest BCUT2D eigenvalue weighted by Crippen LogP contribution is -2.49. The number of amides is 3. The lowest BCUT2D eigenvalue weighted by atomic mass is 9.72. The van der Waals surface area contributed by atoms with Gasteiger partial charge in [0.2, 0.25) is 0 Å². The van der Waals surface area contributed by atoms with Crippen molar-refractivity contribution in [3.63, 3.8) is 0 Å². The quantitative estimate of drug-likeness (QED) is 0.440. The zero-order chi connectivity index (χ0) is 26.6. The van der Waals surface area contributed by atoms with E-state index in [1.54, 1.807) is 18.2 Å². The lowest BCUT2D eigenvalue weighted by molar-refractivity contribution is -0.136. The van der Waals surface area contributed by atoms with Crippen LogP contribution in [0.1, 0.15) is 74.9 Å². The van der Waals surface area contributed by atoms with E-state index in [2.05, 4.69) is 19.2 Å². The van der Waals surface area contributed by atoms with Crippen molar-refractivity contribution in [2.24, 2.45) is 11.8 Å². The Morgan fingerprint density at radius 2 is 1.76 bits per heavy atom. The van der Waals surface area contributed by atoms with Gasteiger partial charge < -0.3 is 20.2 Å². The van der Waals surface area contributed by atoms with Crippen molar-refractivity contribution in [2.45, 2.75) is 72.0 Å². The highest BCUT2D eigenvalue weighted by Gasteiger charge is 2.50. The normalized spacial score (nSPS) is 21.1. The molecular weight excluding hydrogens is 485 g/mol. The summed E-state index contributed by atoms with van der Waals surface area (Å²) in [6, 6.07) is 13.5. The molecule has 38 heavy (non-hydrogen) atoms. The van der Waals surface area contributed by atoms with Crippen molar-refractivity contribution in [3.8, 4) is 0 Å². The van der Waals surface area contributed by atoms with Gasteiger partial charge in [-0.3, -0.25) is 9.59 Å². The number of nitrogens with zero attached hydrogens (tertiary/aromatic N) is 2.